The van der Waals surface area contributed by atoms with E-state index in [9.17, 15) is 14.0 Å². The van der Waals surface area contributed by atoms with E-state index in [-0.39, 0.29) is 11.6 Å². The molecule has 1 aliphatic carbocycles. The molecule has 6 heteroatoms. The number of carbonyl (C=O) groups is 2. The maximum absolute atomic E-state index is 13.1. The van der Waals surface area contributed by atoms with Crippen molar-refractivity contribution in [2.24, 2.45) is 5.92 Å². The molecule has 0 aromatic heterocycles. The summed E-state index contributed by atoms with van der Waals surface area (Å²) in [5, 5.41) is 11.7. The summed E-state index contributed by atoms with van der Waals surface area (Å²) in [5.74, 6) is -2.42. The van der Waals surface area contributed by atoms with Crippen LogP contribution in [0.1, 0.15) is 29.6 Å². The molecule has 0 radical (unpaired) electrons. The van der Waals surface area contributed by atoms with Gasteiger partial charge in [0, 0.05) is 10.5 Å². The zero-order chi connectivity index (χ0) is 14.0. The molecular formula is C13H13BrFNO3. The molecule has 1 amide bonds. The number of halogens is 2. The molecule has 1 aromatic carbocycles. The molecule has 2 rings (SSSR count). The summed E-state index contributed by atoms with van der Waals surface area (Å²) < 4.78 is 13.6. The van der Waals surface area contributed by atoms with Gasteiger partial charge in [-0.3, -0.25) is 9.59 Å². The third-order valence-corrected chi connectivity index (χ3v) is 4.01. The number of amides is 1. The van der Waals surface area contributed by atoms with E-state index in [1.807, 2.05) is 0 Å². The number of hydrogen-bond donors (Lipinski definition) is 2. The first-order valence-corrected chi connectivity index (χ1v) is 6.77. The van der Waals surface area contributed by atoms with Crippen LogP contribution in [0.5, 0.6) is 0 Å². The molecule has 4 nitrogen and oxygen atoms in total. The van der Waals surface area contributed by atoms with E-state index >= 15 is 0 Å². The molecular weight excluding hydrogens is 317 g/mol. The smallest absolute Gasteiger partial charge is 0.308 e. The van der Waals surface area contributed by atoms with Crippen LogP contribution in [0.4, 0.5) is 4.39 Å². The van der Waals surface area contributed by atoms with E-state index in [1.165, 1.54) is 12.1 Å². The van der Waals surface area contributed by atoms with Crippen molar-refractivity contribution < 1.29 is 19.1 Å². The average molecular weight is 330 g/mol. The normalized spacial score (nSPS) is 22.2. The minimum absolute atomic E-state index is 0.177. The molecule has 2 atom stereocenters. The second kappa shape index (κ2) is 5.69. The second-order valence-electron chi connectivity index (χ2n) is 4.58. The Morgan fingerprint density at radius 2 is 2.11 bits per heavy atom. The van der Waals surface area contributed by atoms with Crippen molar-refractivity contribution in [1.29, 1.82) is 0 Å². The van der Waals surface area contributed by atoms with Crippen molar-refractivity contribution in [2.75, 3.05) is 0 Å². The molecule has 19 heavy (non-hydrogen) atoms. The van der Waals surface area contributed by atoms with Crippen LogP contribution in [0, 0.1) is 11.7 Å². The first-order valence-electron chi connectivity index (χ1n) is 5.98. The summed E-state index contributed by atoms with van der Waals surface area (Å²) in [6.45, 7) is 0. The lowest BCUT2D eigenvalue weighted by Gasteiger charge is -2.18. The van der Waals surface area contributed by atoms with Gasteiger partial charge in [-0.15, -0.1) is 0 Å². The summed E-state index contributed by atoms with van der Waals surface area (Å²) in [7, 11) is 0. The van der Waals surface area contributed by atoms with Gasteiger partial charge in [0.1, 0.15) is 5.82 Å². The SMILES string of the molecule is O=C(NC1CCCC1C(=O)O)c1cc(F)ccc1Br. The van der Waals surface area contributed by atoms with Gasteiger partial charge in [0.25, 0.3) is 5.91 Å². The van der Waals surface area contributed by atoms with Gasteiger partial charge in [-0.2, -0.15) is 0 Å². The predicted octanol–water partition coefficient (Wildman–Crippen LogP) is 2.57. The van der Waals surface area contributed by atoms with E-state index in [0.717, 1.165) is 12.5 Å². The van der Waals surface area contributed by atoms with Crippen LogP contribution >= 0.6 is 15.9 Å². The highest BCUT2D eigenvalue weighted by Crippen LogP contribution is 2.27. The van der Waals surface area contributed by atoms with Gasteiger partial charge in [0.05, 0.1) is 11.5 Å². The molecule has 0 spiro atoms. The lowest BCUT2D eigenvalue weighted by molar-refractivity contribution is -0.142. The number of carboxylic acids is 1. The number of aliphatic carboxylic acids is 1. The van der Waals surface area contributed by atoms with Crippen LogP contribution in [0.3, 0.4) is 0 Å². The molecule has 2 N–H and O–H groups in total. The lowest BCUT2D eigenvalue weighted by Crippen LogP contribution is -2.40. The highest BCUT2D eigenvalue weighted by Gasteiger charge is 2.34. The van der Waals surface area contributed by atoms with Gasteiger partial charge in [-0.1, -0.05) is 6.42 Å². The van der Waals surface area contributed by atoms with E-state index < -0.39 is 23.6 Å². The van der Waals surface area contributed by atoms with Gasteiger partial charge >= 0.3 is 5.97 Å². The average Bonchev–Trinajstić information content (AvgIpc) is 2.80. The Bertz CT molecular complexity index is 521. The van der Waals surface area contributed by atoms with Gasteiger partial charge in [-0.25, -0.2) is 4.39 Å². The molecule has 0 heterocycles. The van der Waals surface area contributed by atoms with E-state index in [4.69, 9.17) is 5.11 Å². The van der Waals surface area contributed by atoms with Crippen LogP contribution < -0.4 is 5.32 Å². The molecule has 1 aromatic rings. The number of hydrogen-bond acceptors (Lipinski definition) is 2. The molecule has 1 saturated carbocycles. The minimum Gasteiger partial charge on any atom is -0.481 e. The van der Waals surface area contributed by atoms with Gasteiger partial charge in [0.15, 0.2) is 0 Å². The van der Waals surface area contributed by atoms with Crippen molar-refractivity contribution in [3.05, 3.63) is 34.1 Å². The fraction of sp³-hybridized carbons (Fsp3) is 0.385. The maximum atomic E-state index is 13.1. The topological polar surface area (TPSA) is 66.4 Å². The quantitative estimate of drug-likeness (QED) is 0.895. The van der Waals surface area contributed by atoms with Crippen LogP contribution in [-0.2, 0) is 4.79 Å². The zero-order valence-electron chi connectivity index (χ0n) is 10.0. The second-order valence-corrected chi connectivity index (χ2v) is 5.43. The Labute approximate surface area is 118 Å². The summed E-state index contributed by atoms with van der Waals surface area (Å²) in [6, 6.07) is 3.44. The number of benzene rings is 1. The standard InChI is InChI=1S/C13H13BrFNO3/c14-10-5-4-7(15)6-9(10)12(17)16-11-3-1-2-8(11)13(18)19/h4-6,8,11H,1-3H2,(H,16,17)(H,18,19). The number of carboxylic acid groups (broad SMARTS) is 1. The molecule has 1 aliphatic rings. The fourth-order valence-electron chi connectivity index (χ4n) is 2.35. The summed E-state index contributed by atoms with van der Waals surface area (Å²) in [6.07, 6.45) is 1.96. The molecule has 102 valence electrons. The monoisotopic (exact) mass is 329 g/mol. The highest BCUT2D eigenvalue weighted by atomic mass is 79.9. The minimum atomic E-state index is -0.902. The summed E-state index contributed by atoms with van der Waals surface area (Å²) in [4.78, 5) is 23.1. The van der Waals surface area contributed by atoms with E-state index in [2.05, 4.69) is 21.2 Å². The largest absolute Gasteiger partial charge is 0.481 e. The van der Waals surface area contributed by atoms with Crippen molar-refractivity contribution in [2.45, 2.75) is 25.3 Å². The molecule has 1 fully saturated rings. The molecule has 0 saturated heterocycles. The van der Waals surface area contributed by atoms with Crippen LogP contribution in [-0.4, -0.2) is 23.0 Å². The van der Waals surface area contributed by atoms with Crippen LogP contribution in [0.15, 0.2) is 22.7 Å². The van der Waals surface area contributed by atoms with E-state index in [0.29, 0.717) is 17.3 Å². The number of nitrogens with one attached hydrogen (secondary N) is 1. The van der Waals surface area contributed by atoms with E-state index in [1.54, 1.807) is 0 Å². The third kappa shape index (κ3) is 3.12. The lowest BCUT2D eigenvalue weighted by atomic mass is 10.0. The van der Waals surface area contributed by atoms with Crippen molar-refractivity contribution in [3.8, 4) is 0 Å². The van der Waals surface area contributed by atoms with Crippen molar-refractivity contribution >= 4 is 27.8 Å². The van der Waals surface area contributed by atoms with Crippen LogP contribution in [0.2, 0.25) is 0 Å². The summed E-state index contributed by atoms with van der Waals surface area (Å²) in [5.41, 5.74) is 0.177. The fourth-order valence-corrected chi connectivity index (χ4v) is 2.77. The van der Waals surface area contributed by atoms with Crippen LogP contribution in [0.25, 0.3) is 0 Å². The molecule has 0 aliphatic heterocycles. The number of rotatable bonds is 3. The third-order valence-electron chi connectivity index (χ3n) is 3.32. The Morgan fingerprint density at radius 1 is 1.37 bits per heavy atom. The Kier molecular flexibility index (Phi) is 4.19. The first kappa shape index (κ1) is 14.0. The molecule has 2 unspecified atom stereocenters. The highest BCUT2D eigenvalue weighted by molar-refractivity contribution is 9.10. The molecule has 0 bridgehead atoms. The zero-order valence-corrected chi connectivity index (χ0v) is 11.6. The maximum Gasteiger partial charge on any atom is 0.308 e. The predicted molar refractivity (Wildman–Crippen MR) is 70.3 cm³/mol. The Balaban J connectivity index is 2.12. The number of carbonyl (C=O) groups excluding carboxylic acids is 1. The summed E-state index contributed by atoms with van der Waals surface area (Å²) >= 11 is 3.18. The van der Waals surface area contributed by atoms with Crippen molar-refractivity contribution in [3.63, 3.8) is 0 Å². The van der Waals surface area contributed by atoms with Crippen molar-refractivity contribution in [1.82, 2.24) is 5.32 Å². The van der Waals surface area contributed by atoms with Gasteiger partial charge in [-0.05, 0) is 47.0 Å². The Morgan fingerprint density at radius 3 is 2.79 bits per heavy atom. The van der Waals surface area contributed by atoms with Gasteiger partial charge in [0.2, 0.25) is 0 Å². The van der Waals surface area contributed by atoms with Gasteiger partial charge < -0.3 is 10.4 Å². The Hall–Kier alpha value is -1.43. The first-order chi connectivity index (χ1) is 8.99.